The topological polar surface area (TPSA) is 38.7 Å². The van der Waals surface area contributed by atoms with Crippen molar-refractivity contribution in [1.82, 2.24) is 0 Å². The molecule has 1 saturated heterocycles. The molecule has 3 nitrogen and oxygen atoms in total. The highest BCUT2D eigenvalue weighted by Gasteiger charge is 2.15. The second-order valence-corrected chi connectivity index (χ2v) is 3.37. The summed E-state index contributed by atoms with van der Waals surface area (Å²) in [6.07, 6.45) is 3.59. The van der Waals surface area contributed by atoms with Crippen LogP contribution in [0.4, 0.5) is 0 Å². The molecule has 0 spiro atoms. The summed E-state index contributed by atoms with van der Waals surface area (Å²) in [4.78, 5) is 0. The van der Waals surface area contributed by atoms with Crippen LogP contribution in [-0.2, 0) is 9.47 Å². The first-order valence-corrected chi connectivity index (χ1v) is 5.19. The highest BCUT2D eigenvalue weighted by atomic mass is 16.7. The number of ether oxygens (including phenoxy) is 2. The van der Waals surface area contributed by atoms with Gasteiger partial charge in [0.05, 0.1) is 6.61 Å². The minimum atomic E-state index is -0.107. The number of hydrogen-bond donors (Lipinski definition) is 1. The lowest BCUT2D eigenvalue weighted by molar-refractivity contribution is -0.173. The van der Waals surface area contributed by atoms with Crippen LogP contribution in [0.5, 0.6) is 0 Å². The molecule has 1 fully saturated rings. The molecule has 80 valence electrons. The van der Waals surface area contributed by atoms with Gasteiger partial charge in [0.25, 0.3) is 0 Å². The normalized spacial score (nSPS) is 23.7. The molecule has 0 aliphatic carbocycles. The molecule has 0 radical (unpaired) electrons. The fourth-order valence-corrected chi connectivity index (χ4v) is 1.35. The van der Waals surface area contributed by atoms with E-state index in [1.807, 2.05) is 6.92 Å². The van der Waals surface area contributed by atoms with Gasteiger partial charge in [-0.15, -0.1) is 0 Å². The number of rotatable bonds is 3. The molecule has 1 aliphatic rings. The Morgan fingerprint density at radius 1 is 1.57 bits per heavy atom. The Balaban J connectivity index is 2.19. The first-order chi connectivity index (χ1) is 6.83. The van der Waals surface area contributed by atoms with E-state index in [-0.39, 0.29) is 19.0 Å². The second-order valence-electron chi connectivity index (χ2n) is 3.37. The van der Waals surface area contributed by atoms with Crippen molar-refractivity contribution in [2.45, 2.75) is 45.0 Å². The minimum absolute atomic E-state index is 0.0813. The van der Waals surface area contributed by atoms with Crippen LogP contribution in [0.1, 0.15) is 32.6 Å². The van der Waals surface area contributed by atoms with Crippen LogP contribution in [0.3, 0.4) is 0 Å². The third kappa shape index (κ3) is 4.61. The molecule has 0 saturated carbocycles. The third-order valence-corrected chi connectivity index (χ3v) is 2.04. The molecule has 1 N–H and O–H groups in total. The SMILES string of the molecule is C[C@@H](C#CCCO)OC1CCCCO1. The Bertz CT molecular complexity index is 198. The van der Waals surface area contributed by atoms with Crippen LogP contribution >= 0.6 is 0 Å². The summed E-state index contributed by atoms with van der Waals surface area (Å²) in [7, 11) is 0. The molecular formula is C11H18O3. The summed E-state index contributed by atoms with van der Waals surface area (Å²) in [5.41, 5.74) is 0. The predicted octanol–water partition coefficient (Wildman–Crippen LogP) is 1.30. The molecule has 1 heterocycles. The highest BCUT2D eigenvalue weighted by molar-refractivity contribution is 5.03. The molecule has 3 heteroatoms. The van der Waals surface area contributed by atoms with Crippen molar-refractivity contribution in [3.63, 3.8) is 0 Å². The van der Waals surface area contributed by atoms with Gasteiger partial charge in [0, 0.05) is 13.0 Å². The van der Waals surface area contributed by atoms with E-state index in [0.29, 0.717) is 6.42 Å². The Kier molecular flexibility index (Phi) is 5.62. The Morgan fingerprint density at radius 3 is 3.07 bits per heavy atom. The fraction of sp³-hybridized carbons (Fsp3) is 0.818. The van der Waals surface area contributed by atoms with E-state index in [1.165, 1.54) is 6.42 Å². The Hall–Kier alpha value is -0.560. The summed E-state index contributed by atoms with van der Waals surface area (Å²) in [6, 6.07) is 0. The zero-order valence-electron chi connectivity index (χ0n) is 8.66. The van der Waals surface area contributed by atoms with E-state index in [2.05, 4.69) is 11.8 Å². The average Bonchev–Trinajstić information content (AvgIpc) is 2.20. The van der Waals surface area contributed by atoms with Crippen LogP contribution in [-0.4, -0.2) is 30.7 Å². The maximum atomic E-state index is 8.53. The van der Waals surface area contributed by atoms with Crippen LogP contribution in [0, 0.1) is 11.8 Å². The van der Waals surface area contributed by atoms with Gasteiger partial charge in [-0.3, -0.25) is 0 Å². The lowest BCUT2D eigenvalue weighted by Crippen LogP contribution is -2.25. The second kappa shape index (κ2) is 6.83. The molecule has 2 atom stereocenters. The van der Waals surface area contributed by atoms with Gasteiger partial charge < -0.3 is 14.6 Å². The van der Waals surface area contributed by atoms with Crippen molar-refractivity contribution in [1.29, 1.82) is 0 Å². The quantitative estimate of drug-likeness (QED) is 0.695. The molecule has 0 aromatic rings. The predicted molar refractivity (Wildman–Crippen MR) is 53.6 cm³/mol. The molecule has 0 aromatic heterocycles. The van der Waals surface area contributed by atoms with E-state index in [0.717, 1.165) is 19.4 Å². The van der Waals surface area contributed by atoms with Crippen LogP contribution < -0.4 is 0 Å². The molecule has 14 heavy (non-hydrogen) atoms. The summed E-state index contributed by atoms with van der Waals surface area (Å²) in [6.45, 7) is 2.81. The number of aliphatic hydroxyl groups excluding tert-OH is 1. The highest BCUT2D eigenvalue weighted by Crippen LogP contribution is 2.14. The lowest BCUT2D eigenvalue weighted by Gasteiger charge is -2.24. The summed E-state index contributed by atoms with van der Waals surface area (Å²) in [5.74, 6) is 5.76. The standard InChI is InChI=1S/C11H18O3/c1-10(6-2-4-8-12)14-11-7-3-5-9-13-11/h10-12H,3-5,7-9H2,1H3/t10-,11?/m0/s1. The maximum absolute atomic E-state index is 8.53. The van der Waals surface area contributed by atoms with Crippen LogP contribution in [0.15, 0.2) is 0 Å². The van der Waals surface area contributed by atoms with E-state index in [4.69, 9.17) is 14.6 Å². The number of aliphatic hydroxyl groups is 1. The molecule has 1 unspecified atom stereocenters. The van der Waals surface area contributed by atoms with E-state index in [9.17, 15) is 0 Å². The summed E-state index contributed by atoms with van der Waals surface area (Å²) < 4.78 is 11.0. The molecule has 0 amide bonds. The smallest absolute Gasteiger partial charge is 0.159 e. The van der Waals surface area contributed by atoms with Crippen molar-refractivity contribution in [3.8, 4) is 11.8 Å². The number of hydrogen-bond acceptors (Lipinski definition) is 3. The van der Waals surface area contributed by atoms with Gasteiger partial charge >= 0.3 is 0 Å². The van der Waals surface area contributed by atoms with Gasteiger partial charge in [-0.05, 0) is 26.2 Å². The largest absolute Gasteiger partial charge is 0.395 e. The monoisotopic (exact) mass is 198 g/mol. The van der Waals surface area contributed by atoms with Gasteiger partial charge in [-0.25, -0.2) is 0 Å². The van der Waals surface area contributed by atoms with Gasteiger partial charge in [0.2, 0.25) is 0 Å². The minimum Gasteiger partial charge on any atom is -0.395 e. The zero-order valence-corrected chi connectivity index (χ0v) is 8.66. The molecule has 1 aliphatic heterocycles. The first kappa shape index (κ1) is 11.5. The van der Waals surface area contributed by atoms with Gasteiger partial charge in [-0.1, -0.05) is 11.8 Å². The third-order valence-electron chi connectivity index (χ3n) is 2.04. The van der Waals surface area contributed by atoms with Crippen molar-refractivity contribution >= 4 is 0 Å². The van der Waals surface area contributed by atoms with E-state index in [1.54, 1.807) is 0 Å². The maximum Gasteiger partial charge on any atom is 0.159 e. The van der Waals surface area contributed by atoms with Crippen molar-refractivity contribution in [2.75, 3.05) is 13.2 Å². The Labute approximate surface area is 85.4 Å². The summed E-state index contributed by atoms with van der Waals surface area (Å²) >= 11 is 0. The van der Waals surface area contributed by atoms with Crippen molar-refractivity contribution in [3.05, 3.63) is 0 Å². The van der Waals surface area contributed by atoms with Crippen molar-refractivity contribution < 1.29 is 14.6 Å². The van der Waals surface area contributed by atoms with Crippen LogP contribution in [0.25, 0.3) is 0 Å². The zero-order chi connectivity index (χ0) is 10.2. The van der Waals surface area contributed by atoms with E-state index >= 15 is 0 Å². The van der Waals surface area contributed by atoms with Crippen molar-refractivity contribution in [2.24, 2.45) is 0 Å². The lowest BCUT2D eigenvalue weighted by atomic mass is 10.2. The molecule has 0 bridgehead atoms. The molecule has 0 aromatic carbocycles. The Morgan fingerprint density at radius 2 is 2.43 bits per heavy atom. The molecular weight excluding hydrogens is 180 g/mol. The van der Waals surface area contributed by atoms with Crippen LogP contribution in [0.2, 0.25) is 0 Å². The van der Waals surface area contributed by atoms with Gasteiger partial charge in [-0.2, -0.15) is 0 Å². The average molecular weight is 198 g/mol. The van der Waals surface area contributed by atoms with E-state index < -0.39 is 0 Å². The summed E-state index contributed by atoms with van der Waals surface area (Å²) in [5, 5.41) is 8.53. The first-order valence-electron chi connectivity index (χ1n) is 5.19. The van der Waals surface area contributed by atoms with Gasteiger partial charge in [0.15, 0.2) is 6.29 Å². The molecule has 1 rings (SSSR count). The van der Waals surface area contributed by atoms with Gasteiger partial charge in [0.1, 0.15) is 6.10 Å². The fourth-order valence-electron chi connectivity index (χ4n) is 1.35.